The molecule has 2 aromatic rings. The molecule has 0 amide bonds. The molecule has 2 aromatic carbocycles. The van der Waals surface area contributed by atoms with Gasteiger partial charge in [0.05, 0.1) is 0 Å². The van der Waals surface area contributed by atoms with Gasteiger partial charge in [-0.25, -0.2) is 0 Å². The molecule has 116 valence electrons. The summed E-state index contributed by atoms with van der Waals surface area (Å²) in [5.41, 5.74) is 2.87. The van der Waals surface area contributed by atoms with Crippen molar-refractivity contribution in [2.45, 2.75) is 24.8 Å². The van der Waals surface area contributed by atoms with E-state index in [1.807, 2.05) is 12.1 Å². The van der Waals surface area contributed by atoms with E-state index in [1.54, 1.807) is 0 Å². The molecule has 0 spiro atoms. The van der Waals surface area contributed by atoms with Gasteiger partial charge < -0.3 is 10.1 Å². The molecule has 0 aliphatic carbocycles. The van der Waals surface area contributed by atoms with Gasteiger partial charge in [0.1, 0.15) is 0 Å². The first-order chi connectivity index (χ1) is 10.8. The van der Waals surface area contributed by atoms with Crippen molar-refractivity contribution in [2.24, 2.45) is 0 Å². The van der Waals surface area contributed by atoms with E-state index in [1.165, 1.54) is 11.1 Å². The summed E-state index contributed by atoms with van der Waals surface area (Å²) in [4.78, 5) is 0. The normalized spacial score (nSPS) is 17.3. The molecule has 1 saturated heterocycles. The molecule has 3 heteroatoms. The third kappa shape index (κ3) is 3.70. The van der Waals surface area contributed by atoms with Crippen LogP contribution in [0.15, 0.2) is 54.6 Å². The minimum Gasteiger partial charge on any atom is -0.381 e. The Morgan fingerprint density at radius 1 is 0.955 bits per heavy atom. The molecule has 1 heterocycles. The fraction of sp³-hybridized carbons (Fsp3) is 0.368. The Balaban J connectivity index is 1.67. The summed E-state index contributed by atoms with van der Waals surface area (Å²) in [6.45, 7) is 3.53. The van der Waals surface area contributed by atoms with E-state index in [2.05, 4.69) is 47.8 Å². The summed E-state index contributed by atoms with van der Waals surface area (Å²) in [7, 11) is 0. The summed E-state index contributed by atoms with van der Waals surface area (Å²) >= 11 is 5.94. The van der Waals surface area contributed by atoms with Crippen LogP contribution in [0.4, 0.5) is 0 Å². The van der Waals surface area contributed by atoms with Gasteiger partial charge in [0.2, 0.25) is 0 Å². The van der Waals surface area contributed by atoms with Crippen LogP contribution in [0.3, 0.4) is 0 Å². The summed E-state index contributed by atoms with van der Waals surface area (Å²) in [6.07, 6.45) is 2.15. The van der Waals surface area contributed by atoms with Crippen LogP contribution in [0.2, 0.25) is 5.02 Å². The lowest BCUT2D eigenvalue weighted by Gasteiger charge is -2.38. The average molecular weight is 316 g/mol. The topological polar surface area (TPSA) is 21.3 Å². The predicted molar refractivity (Wildman–Crippen MR) is 91.3 cm³/mol. The van der Waals surface area contributed by atoms with Crippen LogP contribution in [0.1, 0.15) is 24.0 Å². The van der Waals surface area contributed by atoms with Crippen LogP contribution in [0.5, 0.6) is 0 Å². The molecule has 1 N–H and O–H groups in total. The van der Waals surface area contributed by atoms with Gasteiger partial charge in [0, 0.05) is 36.7 Å². The first kappa shape index (κ1) is 15.5. The molecule has 0 atom stereocenters. The van der Waals surface area contributed by atoms with Crippen LogP contribution in [0.25, 0.3) is 0 Å². The summed E-state index contributed by atoms with van der Waals surface area (Å²) in [5, 5.41) is 4.42. The Morgan fingerprint density at radius 2 is 1.64 bits per heavy atom. The first-order valence-corrected chi connectivity index (χ1v) is 8.25. The maximum absolute atomic E-state index is 5.94. The predicted octanol–water partition coefficient (Wildman–Crippen LogP) is 4.18. The van der Waals surface area contributed by atoms with Gasteiger partial charge in [0.15, 0.2) is 0 Å². The maximum atomic E-state index is 5.94. The lowest BCUT2D eigenvalue weighted by atomic mass is 9.74. The minimum absolute atomic E-state index is 0.186. The van der Waals surface area contributed by atoms with Crippen molar-refractivity contribution in [3.8, 4) is 0 Å². The Labute approximate surface area is 137 Å². The molecule has 0 radical (unpaired) electrons. The molecule has 3 rings (SSSR count). The quantitative estimate of drug-likeness (QED) is 0.893. The second-order valence-electron chi connectivity index (χ2n) is 5.99. The monoisotopic (exact) mass is 315 g/mol. The highest BCUT2D eigenvalue weighted by atomic mass is 35.5. The molecule has 22 heavy (non-hydrogen) atoms. The van der Waals surface area contributed by atoms with E-state index in [9.17, 15) is 0 Å². The number of benzene rings is 2. The van der Waals surface area contributed by atoms with Crippen LogP contribution in [-0.4, -0.2) is 19.8 Å². The van der Waals surface area contributed by atoms with Crippen LogP contribution in [-0.2, 0) is 16.7 Å². The highest BCUT2D eigenvalue weighted by molar-refractivity contribution is 6.30. The molecule has 0 aromatic heterocycles. The number of halogens is 1. The van der Waals surface area contributed by atoms with Crippen molar-refractivity contribution in [3.63, 3.8) is 0 Å². The van der Waals surface area contributed by atoms with Gasteiger partial charge in [-0.2, -0.15) is 0 Å². The van der Waals surface area contributed by atoms with Crippen LogP contribution < -0.4 is 5.32 Å². The molecular weight excluding hydrogens is 294 g/mol. The van der Waals surface area contributed by atoms with Crippen molar-refractivity contribution >= 4 is 11.6 Å². The van der Waals surface area contributed by atoms with Crippen molar-refractivity contribution in [1.29, 1.82) is 0 Å². The van der Waals surface area contributed by atoms with E-state index < -0.39 is 0 Å². The Hall–Kier alpha value is -1.35. The first-order valence-electron chi connectivity index (χ1n) is 7.87. The zero-order chi connectivity index (χ0) is 15.3. The molecule has 0 bridgehead atoms. The van der Waals surface area contributed by atoms with Gasteiger partial charge in [-0.1, -0.05) is 54.1 Å². The Kier molecular flexibility index (Phi) is 5.14. The summed E-state index contributed by atoms with van der Waals surface area (Å²) in [6, 6.07) is 18.9. The molecule has 1 fully saturated rings. The molecule has 1 aliphatic heterocycles. The third-order valence-corrected chi connectivity index (χ3v) is 4.79. The van der Waals surface area contributed by atoms with Gasteiger partial charge in [-0.3, -0.25) is 0 Å². The number of nitrogens with one attached hydrogen (secondary N) is 1. The number of hydrogen-bond acceptors (Lipinski definition) is 2. The van der Waals surface area contributed by atoms with Gasteiger partial charge in [-0.05, 0) is 36.1 Å². The zero-order valence-corrected chi connectivity index (χ0v) is 13.5. The van der Waals surface area contributed by atoms with Gasteiger partial charge >= 0.3 is 0 Å². The highest BCUT2D eigenvalue weighted by Gasteiger charge is 2.33. The Morgan fingerprint density at radius 3 is 2.32 bits per heavy atom. The molecule has 2 nitrogen and oxygen atoms in total. The van der Waals surface area contributed by atoms with Gasteiger partial charge in [-0.15, -0.1) is 0 Å². The van der Waals surface area contributed by atoms with E-state index in [0.717, 1.165) is 44.2 Å². The molecular formula is C19H22ClNO. The Bertz CT molecular complexity index is 576. The van der Waals surface area contributed by atoms with Crippen molar-refractivity contribution in [1.82, 2.24) is 5.32 Å². The summed E-state index contributed by atoms with van der Waals surface area (Å²) in [5.74, 6) is 0. The van der Waals surface area contributed by atoms with Crippen LogP contribution in [0, 0.1) is 0 Å². The minimum atomic E-state index is 0.186. The SMILES string of the molecule is Clc1ccc(CNCC2(c3ccccc3)CCOCC2)cc1. The average Bonchev–Trinajstić information content (AvgIpc) is 2.58. The largest absolute Gasteiger partial charge is 0.381 e. The van der Waals surface area contributed by atoms with Crippen molar-refractivity contribution in [2.75, 3.05) is 19.8 Å². The van der Waals surface area contributed by atoms with Crippen LogP contribution >= 0.6 is 11.6 Å². The smallest absolute Gasteiger partial charge is 0.0475 e. The second-order valence-corrected chi connectivity index (χ2v) is 6.43. The number of rotatable bonds is 5. The maximum Gasteiger partial charge on any atom is 0.0475 e. The number of hydrogen-bond donors (Lipinski definition) is 1. The molecule has 0 saturated carbocycles. The highest BCUT2D eigenvalue weighted by Crippen LogP contribution is 2.34. The molecule has 0 unspecified atom stereocenters. The fourth-order valence-corrected chi connectivity index (χ4v) is 3.30. The van der Waals surface area contributed by atoms with E-state index >= 15 is 0 Å². The number of ether oxygens (including phenoxy) is 1. The van der Waals surface area contributed by atoms with E-state index in [4.69, 9.17) is 16.3 Å². The van der Waals surface area contributed by atoms with Crippen molar-refractivity contribution in [3.05, 3.63) is 70.7 Å². The lowest BCUT2D eigenvalue weighted by Crippen LogP contribution is -2.42. The van der Waals surface area contributed by atoms with Crippen molar-refractivity contribution < 1.29 is 4.74 Å². The standard InChI is InChI=1S/C19H22ClNO/c20-18-8-6-16(7-9-18)14-21-15-19(10-12-22-13-11-19)17-4-2-1-3-5-17/h1-9,21H,10-15H2. The van der Waals surface area contributed by atoms with E-state index in [0.29, 0.717) is 0 Å². The second kappa shape index (κ2) is 7.28. The molecule has 1 aliphatic rings. The van der Waals surface area contributed by atoms with E-state index in [-0.39, 0.29) is 5.41 Å². The summed E-state index contributed by atoms with van der Waals surface area (Å²) < 4.78 is 5.58. The van der Waals surface area contributed by atoms with Gasteiger partial charge in [0.25, 0.3) is 0 Å². The third-order valence-electron chi connectivity index (χ3n) is 4.54. The lowest BCUT2D eigenvalue weighted by molar-refractivity contribution is 0.0498. The fourth-order valence-electron chi connectivity index (χ4n) is 3.17. The zero-order valence-electron chi connectivity index (χ0n) is 12.7.